The van der Waals surface area contributed by atoms with Gasteiger partial charge in [-0.25, -0.2) is 4.98 Å². The van der Waals surface area contributed by atoms with Gasteiger partial charge in [0, 0.05) is 16.4 Å². The Bertz CT molecular complexity index is 920. The normalized spacial score (nSPS) is 13.8. The maximum Gasteiger partial charge on any atom is 0.237 e. The first-order valence-electron chi connectivity index (χ1n) is 8.56. The molecule has 4 nitrogen and oxygen atoms in total. The van der Waals surface area contributed by atoms with Gasteiger partial charge in [0.1, 0.15) is 11.1 Å². The number of aromatic nitrogens is 1. The summed E-state index contributed by atoms with van der Waals surface area (Å²) in [5.41, 5.74) is 5.53. The molecule has 1 aliphatic rings. The van der Waals surface area contributed by atoms with Crippen LogP contribution in [0.4, 0.5) is 5.69 Å². The van der Waals surface area contributed by atoms with E-state index in [1.54, 1.807) is 12.1 Å². The Morgan fingerprint density at radius 2 is 2.15 bits per heavy atom. The van der Waals surface area contributed by atoms with Gasteiger partial charge in [-0.3, -0.25) is 4.79 Å². The minimum absolute atomic E-state index is 0.135. The van der Waals surface area contributed by atoms with Gasteiger partial charge in [0.2, 0.25) is 5.91 Å². The van der Waals surface area contributed by atoms with Crippen LogP contribution in [0.1, 0.15) is 41.3 Å². The first kappa shape index (κ1) is 18.8. The molecule has 1 N–H and O–H groups in total. The van der Waals surface area contributed by atoms with E-state index in [0.29, 0.717) is 21.3 Å². The van der Waals surface area contributed by atoms with E-state index in [4.69, 9.17) is 11.6 Å². The zero-order valence-corrected chi connectivity index (χ0v) is 16.6. The van der Waals surface area contributed by atoms with Gasteiger partial charge in [-0.05, 0) is 68.9 Å². The molecule has 1 aromatic heterocycles. The Kier molecular flexibility index (Phi) is 5.55. The highest BCUT2D eigenvalue weighted by atomic mass is 35.5. The van der Waals surface area contributed by atoms with Crippen molar-refractivity contribution in [3.05, 3.63) is 51.2 Å². The summed E-state index contributed by atoms with van der Waals surface area (Å²) >= 11 is 7.35. The van der Waals surface area contributed by atoms with Gasteiger partial charge in [-0.15, -0.1) is 0 Å². The SMILES string of the molecule is Cc1ccc(Cl)cc1NC(=O)C(C)Sc1nc2c(c(C)c1C#N)CCC2. The van der Waals surface area contributed by atoms with E-state index in [9.17, 15) is 10.1 Å². The molecular formula is C20H20ClN3OS. The molecule has 2 aromatic rings. The van der Waals surface area contributed by atoms with Crippen LogP contribution in [0.2, 0.25) is 5.02 Å². The molecule has 1 amide bonds. The Morgan fingerprint density at radius 1 is 1.38 bits per heavy atom. The van der Waals surface area contributed by atoms with Crippen molar-refractivity contribution in [1.82, 2.24) is 4.98 Å². The largest absolute Gasteiger partial charge is 0.325 e. The molecule has 0 saturated carbocycles. The summed E-state index contributed by atoms with van der Waals surface area (Å²) < 4.78 is 0. The van der Waals surface area contributed by atoms with E-state index >= 15 is 0 Å². The van der Waals surface area contributed by atoms with Crippen molar-refractivity contribution < 1.29 is 4.79 Å². The number of amides is 1. The lowest BCUT2D eigenvalue weighted by molar-refractivity contribution is -0.115. The minimum atomic E-state index is -0.383. The molecule has 0 fully saturated rings. The number of carbonyl (C=O) groups is 1. The fourth-order valence-corrected chi connectivity index (χ4v) is 4.30. The van der Waals surface area contributed by atoms with Crippen LogP contribution in [-0.2, 0) is 17.6 Å². The third kappa shape index (κ3) is 3.72. The number of nitrogens with one attached hydrogen (secondary N) is 1. The van der Waals surface area contributed by atoms with E-state index in [1.165, 1.54) is 17.3 Å². The number of pyridine rings is 1. The second kappa shape index (κ2) is 7.69. The lowest BCUT2D eigenvalue weighted by Gasteiger charge is -2.16. The summed E-state index contributed by atoms with van der Waals surface area (Å²) in [6.07, 6.45) is 3.00. The fourth-order valence-electron chi connectivity index (χ4n) is 3.15. The van der Waals surface area contributed by atoms with Crippen LogP contribution < -0.4 is 5.32 Å². The number of nitrogens with zero attached hydrogens (tertiary/aromatic N) is 2. The number of aryl methyl sites for hydroxylation is 2. The summed E-state index contributed by atoms with van der Waals surface area (Å²) in [5, 5.41) is 13.3. The van der Waals surface area contributed by atoms with Crippen molar-refractivity contribution >= 4 is 35.0 Å². The van der Waals surface area contributed by atoms with Crippen LogP contribution in [-0.4, -0.2) is 16.1 Å². The lowest BCUT2D eigenvalue weighted by atomic mass is 10.0. The standard InChI is InChI=1S/C20H20ClN3OS/c1-11-7-8-14(21)9-18(11)23-19(25)13(3)26-20-16(10-22)12(2)15-5-4-6-17(15)24-20/h7-9,13H,4-6H2,1-3H3,(H,23,25). The highest BCUT2D eigenvalue weighted by Crippen LogP contribution is 2.33. The second-order valence-corrected chi connectivity index (χ2v) is 8.28. The van der Waals surface area contributed by atoms with Gasteiger partial charge in [0.15, 0.2) is 0 Å². The first-order chi connectivity index (χ1) is 12.4. The molecule has 0 aliphatic heterocycles. The van der Waals surface area contributed by atoms with E-state index in [-0.39, 0.29) is 11.2 Å². The van der Waals surface area contributed by atoms with Crippen LogP contribution in [0.15, 0.2) is 23.2 Å². The van der Waals surface area contributed by atoms with E-state index in [1.807, 2.05) is 26.8 Å². The maximum absolute atomic E-state index is 12.6. The van der Waals surface area contributed by atoms with Gasteiger partial charge < -0.3 is 5.32 Å². The van der Waals surface area contributed by atoms with Crippen molar-refractivity contribution in [2.24, 2.45) is 0 Å². The van der Waals surface area contributed by atoms with Crippen molar-refractivity contribution in [1.29, 1.82) is 5.26 Å². The van der Waals surface area contributed by atoms with Crippen LogP contribution in [0.25, 0.3) is 0 Å². The smallest absolute Gasteiger partial charge is 0.237 e. The van der Waals surface area contributed by atoms with Gasteiger partial charge >= 0.3 is 0 Å². The van der Waals surface area contributed by atoms with E-state index in [0.717, 1.165) is 36.1 Å². The van der Waals surface area contributed by atoms with Crippen molar-refractivity contribution in [2.45, 2.75) is 50.3 Å². The highest BCUT2D eigenvalue weighted by Gasteiger charge is 2.24. The van der Waals surface area contributed by atoms with Gasteiger partial charge in [-0.2, -0.15) is 5.26 Å². The third-order valence-corrected chi connectivity index (χ3v) is 6.02. The predicted octanol–water partition coefficient (Wildman–Crippen LogP) is 4.83. The van der Waals surface area contributed by atoms with Crippen LogP contribution in [0.5, 0.6) is 0 Å². The molecule has 134 valence electrons. The molecule has 0 radical (unpaired) electrons. The maximum atomic E-state index is 12.6. The van der Waals surface area contributed by atoms with Crippen LogP contribution >= 0.6 is 23.4 Å². The number of carbonyl (C=O) groups excluding carboxylic acids is 1. The average Bonchev–Trinajstić information content (AvgIpc) is 3.07. The van der Waals surface area contributed by atoms with E-state index in [2.05, 4.69) is 16.4 Å². The number of hydrogen-bond acceptors (Lipinski definition) is 4. The Morgan fingerprint density at radius 3 is 2.88 bits per heavy atom. The number of halogens is 1. The Balaban J connectivity index is 1.81. The monoisotopic (exact) mass is 385 g/mol. The number of hydrogen-bond donors (Lipinski definition) is 1. The Hall–Kier alpha value is -2.03. The molecule has 0 spiro atoms. The molecule has 1 aromatic carbocycles. The number of benzene rings is 1. The fraction of sp³-hybridized carbons (Fsp3) is 0.350. The van der Waals surface area contributed by atoms with E-state index < -0.39 is 0 Å². The summed E-state index contributed by atoms with van der Waals surface area (Å²) in [5.74, 6) is -0.135. The van der Waals surface area contributed by atoms with Crippen molar-refractivity contribution in [3.8, 4) is 6.07 Å². The zero-order chi connectivity index (χ0) is 18.8. The molecule has 0 saturated heterocycles. The molecule has 1 aliphatic carbocycles. The van der Waals surface area contributed by atoms with Gasteiger partial charge in [-0.1, -0.05) is 29.4 Å². The number of nitriles is 1. The van der Waals surface area contributed by atoms with Crippen molar-refractivity contribution in [2.75, 3.05) is 5.32 Å². The molecule has 6 heteroatoms. The number of anilines is 1. The first-order valence-corrected chi connectivity index (χ1v) is 9.82. The molecule has 3 rings (SSSR count). The number of thioether (sulfide) groups is 1. The summed E-state index contributed by atoms with van der Waals surface area (Å²) in [6, 6.07) is 7.68. The molecule has 1 unspecified atom stereocenters. The van der Waals surface area contributed by atoms with Crippen LogP contribution in [0, 0.1) is 25.2 Å². The van der Waals surface area contributed by atoms with Crippen LogP contribution in [0.3, 0.4) is 0 Å². The topological polar surface area (TPSA) is 65.8 Å². The molecule has 26 heavy (non-hydrogen) atoms. The summed E-state index contributed by atoms with van der Waals surface area (Å²) in [7, 11) is 0. The van der Waals surface area contributed by atoms with Crippen molar-refractivity contribution in [3.63, 3.8) is 0 Å². The molecule has 0 bridgehead atoms. The molecule has 1 atom stereocenters. The number of fused-ring (bicyclic) bond motifs is 1. The Labute approximate surface area is 163 Å². The van der Waals surface area contributed by atoms with Gasteiger partial charge in [0.05, 0.1) is 10.8 Å². The quantitative estimate of drug-likeness (QED) is 0.765. The third-order valence-electron chi connectivity index (χ3n) is 4.69. The summed E-state index contributed by atoms with van der Waals surface area (Å²) in [6.45, 7) is 5.72. The summed E-state index contributed by atoms with van der Waals surface area (Å²) in [4.78, 5) is 17.3. The minimum Gasteiger partial charge on any atom is -0.325 e. The number of rotatable bonds is 4. The average molecular weight is 386 g/mol. The predicted molar refractivity (Wildman–Crippen MR) is 106 cm³/mol. The zero-order valence-electron chi connectivity index (χ0n) is 15.0. The second-order valence-electron chi connectivity index (χ2n) is 6.52. The lowest BCUT2D eigenvalue weighted by Crippen LogP contribution is -2.23. The molecule has 1 heterocycles. The molecular weight excluding hydrogens is 366 g/mol. The van der Waals surface area contributed by atoms with Gasteiger partial charge in [0.25, 0.3) is 0 Å². The highest BCUT2D eigenvalue weighted by molar-refractivity contribution is 8.00.